The average Bonchev–Trinajstić information content (AvgIpc) is 2.87. The van der Waals surface area contributed by atoms with Crippen molar-refractivity contribution in [3.8, 4) is 0 Å². The molecule has 1 aromatic carbocycles. The van der Waals surface area contributed by atoms with Crippen LogP contribution in [0.25, 0.3) is 10.9 Å². The van der Waals surface area contributed by atoms with Crippen LogP contribution in [0.4, 0.5) is 5.69 Å². The summed E-state index contributed by atoms with van der Waals surface area (Å²) in [7, 11) is 0. The summed E-state index contributed by atoms with van der Waals surface area (Å²) in [5.41, 5.74) is 8.30. The molecule has 1 saturated heterocycles. The average molecular weight is 243 g/mol. The summed E-state index contributed by atoms with van der Waals surface area (Å²) in [5.74, 6) is 0. The predicted octanol–water partition coefficient (Wildman–Crippen LogP) is 2.88. The highest BCUT2D eigenvalue weighted by molar-refractivity contribution is 5.83. The van der Waals surface area contributed by atoms with Crippen LogP contribution in [-0.4, -0.2) is 24.1 Å². The molecule has 1 aliphatic heterocycles. The maximum absolute atomic E-state index is 5.74. The van der Waals surface area contributed by atoms with E-state index in [2.05, 4.69) is 34.1 Å². The normalized spacial score (nSPS) is 20.5. The van der Waals surface area contributed by atoms with Gasteiger partial charge in [0.15, 0.2) is 0 Å². The molecule has 1 aliphatic rings. The molecule has 3 N–H and O–H groups in total. The minimum atomic E-state index is 0.625. The Hall–Kier alpha value is -1.48. The Morgan fingerprint density at radius 2 is 2.22 bits per heavy atom. The van der Waals surface area contributed by atoms with E-state index < -0.39 is 0 Å². The molecule has 2 heterocycles. The van der Waals surface area contributed by atoms with Crippen LogP contribution in [0.15, 0.2) is 30.5 Å². The number of benzene rings is 1. The molecule has 1 aromatic heterocycles. The summed E-state index contributed by atoms with van der Waals surface area (Å²) in [6, 6.07) is 9.47. The molecule has 1 unspecified atom stereocenters. The number of anilines is 1. The lowest BCUT2D eigenvalue weighted by atomic mass is 9.98. The zero-order chi connectivity index (χ0) is 12.4. The monoisotopic (exact) mass is 243 g/mol. The van der Waals surface area contributed by atoms with E-state index in [4.69, 9.17) is 5.73 Å². The molecule has 0 spiro atoms. The van der Waals surface area contributed by atoms with Crippen LogP contribution in [0.3, 0.4) is 0 Å². The number of nitrogens with one attached hydrogen (secondary N) is 1. The van der Waals surface area contributed by atoms with Gasteiger partial charge in [0.05, 0.1) is 0 Å². The van der Waals surface area contributed by atoms with E-state index in [0.29, 0.717) is 6.04 Å². The van der Waals surface area contributed by atoms with Crippen LogP contribution in [0.2, 0.25) is 0 Å². The standard InChI is InChI=1S/C15H21N3/c16-8-6-13-3-1-2-10-18(13)14-4-5-15-12(11-14)7-9-17-15/h4-5,7,9,11,13,17H,1-3,6,8,10,16H2. The van der Waals surface area contributed by atoms with Crippen molar-refractivity contribution in [1.29, 1.82) is 0 Å². The van der Waals surface area contributed by atoms with Crippen LogP contribution < -0.4 is 10.6 Å². The van der Waals surface area contributed by atoms with E-state index >= 15 is 0 Å². The number of rotatable bonds is 3. The number of piperidine rings is 1. The first kappa shape index (κ1) is 11.6. The van der Waals surface area contributed by atoms with Gasteiger partial charge in [0.2, 0.25) is 0 Å². The zero-order valence-electron chi connectivity index (χ0n) is 10.7. The Labute approximate surface area is 108 Å². The predicted molar refractivity (Wildman–Crippen MR) is 77.0 cm³/mol. The van der Waals surface area contributed by atoms with Crippen molar-refractivity contribution in [3.63, 3.8) is 0 Å². The fraction of sp³-hybridized carbons (Fsp3) is 0.467. The van der Waals surface area contributed by atoms with Crippen LogP contribution in [0, 0.1) is 0 Å². The summed E-state index contributed by atoms with van der Waals surface area (Å²) in [4.78, 5) is 5.79. The lowest BCUT2D eigenvalue weighted by molar-refractivity contribution is 0.442. The first-order valence-corrected chi connectivity index (χ1v) is 6.92. The van der Waals surface area contributed by atoms with Gasteiger partial charge >= 0.3 is 0 Å². The van der Waals surface area contributed by atoms with Gasteiger partial charge in [-0.25, -0.2) is 0 Å². The molecule has 3 nitrogen and oxygen atoms in total. The van der Waals surface area contributed by atoms with E-state index in [-0.39, 0.29) is 0 Å². The first-order chi connectivity index (χ1) is 8.88. The molecule has 3 rings (SSSR count). The third kappa shape index (κ3) is 2.10. The second-order valence-corrected chi connectivity index (χ2v) is 5.17. The minimum Gasteiger partial charge on any atom is -0.368 e. The van der Waals surface area contributed by atoms with E-state index in [0.717, 1.165) is 13.0 Å². The molecule has 3 heteroatoms. The van der Waals surface area contributed by atoms with Crippen molar-refractivity contribution in [2.24, 2.45) is 5.73 Å². The van der Waals surface area contributed by atoms with Gasteiger partial charge in [-0.3, -0.25) is 0 Å². The van der Waals surface area contributed by atoms with Crippen molar-refractivity contribution in [3.05, 3.63) is 30.5 Å². The lowest BCUT2D eigenvalue weighted by Gasteiger charge is -2.37. The number of aromatic nitrogens is 1. The molecule has 0 saturated carbocycles. The number of nitrogens with zero attached hydrogens (tertiary/aromatic N) is 1. The van der Waals surface area contributed by atoms with Crippen molar-refractivity contribution < 1.29 is 0 Å². The Balaban J connectivity index is 1.90. The topological polar surface area (TPSA) is 45.0 Å². The second-order valence-electron chi connectivity index (χ2n) is 5.17. The molecule has 1 atom stereocenters. The number of hydrogen-bond acceptors (Lipinski definition) is 2. The number of fused-ring (bicyclic) bond motifs is 1. The highest BCUT2D eigenvalue weighted by Gasteiger charge is 2.21. The van der Waals surface area contributed by atoms with Crippen molar-refractivity contribution >= 4 is 16.6 Å². The molecule has 18 heavy (non-hydrogen) atoms. The van der Waals surface area contributed by atoms with Gasteiger partial charge in [0.25, 0.3) is 0 Å². The summed E-state index contributed by atoms with van der Waals surface area (Å²) in [5, 5.41) is 1.30. The Bertz CT molecular complexity index is 515. The molecular weight excluding hydrogens is 222 g/mol. The number of hydrogen-bond donors (Lipinski definition) is 2. The highest BCUT2D eigenvalue weighted by Crippen LogP contribution is 2.28. The van der Waals surface area contributed by atoms with Crippen molar-refractivity contribution in [1.82, 2.24) is 4.98 Å². The third-order valence-corrected chi connectivity index (χ3v) is 4.00. The van der Waals surface area contributed by atoms with Gasteiger partial charge in [-0.1, -0.05) is 0 Å². The zero-order valence-corrected chi connectivity index (χ0v) is 10.7. The van der Waals surface area contributed by atoms with Crippen LogP contribution in [0.1, 0.15) is 25.7 Å². The fourth-order valence-electron chi connectivity index (χ4n) is 3.05. The fourth-order valence-corrected chi connectivity index (χ4v) is 3.05. The molecule has 96 valence electrons. The SMILES string of the molecule is NCCC1CCCCN1c1ccc2[nH]ccc2c1. The lowest BCUT2D eigenvalue weighted by Crippen LogP contribution is -2.40. The summed E-state index contributed by atoms with van der Waals surface area (Å²) in [6.07, 6.45) is 7.02. The second kappa shape index (κ2) is 5.02. The van der Waals surface area contributed by atoms with Gasteiger partial charge in [-0.2, -0.15) is 0 Å². The quantitative estimate of drug-likeness (QED) is 0.870. The largest absolute Gasteiger partial charge is 0.368 e. The first-order valence-electron chi connectivity index (χ1n) is 6.92. The smallest absolute Gasteiger partial charge is 0.0455 e. The Kier molecular flexibility index (Phi) is 3.24. The maximum atomic E-state index is 5.74. The Morgan fingerprint density at radius 3 is 3.11 bits per heavy atom. The third-order valence-electron chi connectivity index (χ3n) is 4.00. The molecule has 2 aromatic rings. The number of H-pyrrole nitrogens is 1. The Morgan fingerprint density at radius 1 is 1.28 bits per heavy atom. The maximum Gasteiger partial charge on any atom is 0.0455 e. The van der Waals surface area contributed by atoms with E-state index in [1.54, 1.807) is 0 Å². The van der Waals surface area contributed by atoms with E-state index in [1.807, 2.05) is 6.20 Å². The van der Waals surface area contributed by atoms with Gasteiger partial charge < -0.3 is 15.6 Å². The molecule has 0 radical (unpaired) electrons. The summed E-state index contributed by atoms with van der Waals surface area (Å²) < 4.78 is 0. The van der Waals surface area contributed by atoms with Crippen LogP contribution in [-0.2, 0) is 0 Å². The van der Waals surface area contributed by atoms with Crippen molar-refractivity contribution in [2.45, 2.75) is 31.7 Å². The highest BCUT2D eigenvalue weighted by atomic mass is 15.2. The van der Waals surface area contributed by atoms with E-state index in [1.165, 1.54) is 42.4 Å². The molecule has 1 fully saturated rings. The van der Waals surface area contributed by atoms with Gasteiger partial charge in [0, 0.05) is 35.4 Å². The van der Waals surface area contributed by atoms with Gasteiger partial charge in [0.1, 0.15) is 0 Å². The number of nitrogens with two attached hydrogens (primary N) is 1. The van der Waals surface area contributed by atoms with Gasteiger partial charge in [-0.15, -0.1) is 0 Å². The van der Waals surface area contributed by atoms with Crippen LogP contribution >= 0.6 is 0 Å². The molecular formula is C15H21N3. The summed E-state index contributed by atoms with van der Waals surface area (Å²) >= 11 is 0. The molecule has 0 bridgehead atoms. The van der Waals surface area contributed by atoms with Crippen LogP contribution in [0.5, 0.6) is 0 Å². The molecule has 0 amide bonds. The van der Waals surface area contributed by atoms with E-state index in [9.17, 15) is 0 Å². The number of aromatic amines is 1. The summed E-state index contributed by atoms with van der Waals surface area (Å²) in [6.45, 7) is 1.95. The van der Waals surface area contributed by atoms with Gasteiger partial charge in [-0.05, 0) is 56.5 Å². The van der Waals surface area contributed by atoms with Crippen molar-refractivity contribution in [2.75, 3.05) is 18.0 Å². The molecule has 0 aliphatic carbocycles. The minimum absolute atomic E-state index is 0.625.